The van der Waals surface area contributed by atoms with Crippen LogP contribution in [-0.2, 0) is 12.7 Å². The molecular weight excluding hydrogens is 516 g/mol. The largest absolute Gasteiger partial charge is 0.419 e. The standard InChI is InChI=1S/C27H32F4N6O2/c1-26(2,3)18-11-13-19(14-12-18)37(15-16-7-9-17(10-8-16)23(38)35-24(32)36-33)25(39)34-21-6-4-5-20(22(21)28)27(29,30)31/h4-10,18-19,33H,11-15H2,1-3H3,(H,34,39)(H2,32,35,38). The number of aliphatic imine (C=N–C) groups is 1. The fourth-order valence-electron chi connectivity index (χ4n) is 4.80. The first-order chi connectivity index (χ1) is 18.2. The fourth-order valence-corrected chi connectivity index (χ4v) is 4.80. The molecule has 2 aromatic carbocycles. The number of carbonyl (C=O) groups is 2. The molecule has 210 valence electrons. The maximum atomic E-state index is 14.7. The average Bonchev–Trinajstić information content (AvgIpc) is 2.87. The number of carbonyl (C=O) groups excluding carboxylic acids is 2. The lowest BCUT2D eigenvalue weighted by Gasteiger charge is -2.41. The second-order valence-electron chi connectivity index (χ2n) is 10.7. The number of halogens is 4. The highest BCUT2D eigenvalue weighted by Crippen LogP contribution is 2.40. The van der Waals surface area contributed by atoms with Gasteiger partial charge in [0.1, 0.15) is 0 Å². The third kappa shape index (κ3) is 7.61. The molecule has 1 saturated carbocycles. The van der Waals surface area contributed by atoms with E-state index >= 15 is 0 Å². The summed E-state index contributed by atoms with van der Waals surface area (Å²) in [5, 5.41) is 5.22. The first-order valence-electron chi connectivity index (χ1n) is 12.5. The highest BCUT2D eigenvalue weighted by atomic mass is 19.4. The Morgan fingerprint density at radius 1 is 1.05 bits per heavy atom. The van der Waals surface area contributed by atoms with Crippen molar-refractivity contribution in [2.75, 3.05) is 5.32 Å². The Balaban J connectivity index is 1.85. The van der Waals surface area contributed by atoms with E-state index in [1.807, 2.05) is 0 Å². The summed E-state index contributed by atoms with van der Waals surface area (Å²) in [5.74, 6) is -2.27. The molecule has 0 saturated heterocycles. The first kappa shape index (κ1) is 29.7. The molecule has 0 aliphatic heterocycles. The summed E-state index contributed by atoms with van der Waals surface area (Å²) in [6.45, 7) is 6.58. The van der Waals surface area contributed by atoms with E-state index in [9.17, 15) is 27.2 Å². The maximum absolute atomic E-state index is 14.7. The zero-order chi connectivity index (χ0) is 29.0. The number of urea groups is 1. The number of amides is 3. The van der Waals surface area contributed by atoms with Gasteiger partial charge in [-0.15, -0.1) is 5.11 Å². The van der Waals surface area contributed by atoms with Gasteiger partial charge in [-0.3, -0.25) is 4.79 Å². The van der Waals surface area contributed by atoms with E-state index in [2.05, 4.69) is 36.2 Å². The van der Waals surface area contributed by atoms with Gasteiger partial charge < -0.3 is 16.0 Å². The predicted octanol–water partition coefficient (Wildman–Crippen LogP) is 6.97. The number of nitrogens with two attached hydrogens (primary N) is 1. The minimum atomic E-state index is -4.90. The number of hydrogen-bond acceptors (Lipinski definition) is 3. The van der Waals surface area contributed by atoms with E-state index in [-0.39, 0.29) is 23.6 Å². The van der Waals surface area contributed by atoms with Crippen LogP contribution in [0.15, 0.2) is 52.6 Å². The Morgan fingerprint density at radius 2 is 1.67 bits per heavy atom. The summed E-state index contributed by atoms with van der Waals surface area (Å²) < 4.78 is 54.3. The summed E-state index contributed by atoms with van der Waals surface area (Å²) in [7, 11) is 0. The summed E-state index contributed by atoms with van der Waals surface area (Å²) in [5.41, 5.74) is 11.0. The molecule has 0 unspecified atom stereocenters. The van der Waals surface area contributed by atoms with Crippen molar-refractivity contribution in [3.05, 3.63) is 65.0 Å². The number of benzene rings is 2. The van der Waals surface area contributed by atoms with Gasteiger partial charge in [0.25, 0.3) is 5.91 Å². The van der Waals surface area contributed by atoms with Crippen molar-refractivity contribution < 1.29 is 27.2 Å². The van der Waals surface area contributed by atoms with Crippen molar-refractivity contribution in [2.45, 2.75) is 65.2 Å². The van der Waals surface area contributed by atoms with Gasteiger partial charge in [0.05, 0.1) is 11.3 Å². The molecule has 0 spiro atoms. The monoisotopic (exact) mass is 548 g/mol. The predicted molar refractivity (Wildman–Crippen MR) is 139 cm³/mol. The lowest BCUT2D eigenvalue weighted by Crippen LogP contribution is -2.45. The van der Waals surface area contributed by atoms with E-state index in [4.69, 9.17) is 11.3 Å². The summed E-state index contributed by atoms with van der Waals surface area (Å²) in [4.78, 5) is 30.5. The molecule has 1 aliphatic carbocycles. The van der Waals surface area contributed by atoms with Crippen LogP contribution in [0.3, 0.4) is 0 Å². The second-order valence-corrected chi connectivity index (χ2v) is 10.7. The molecule has 4 N–H and O–H groups in total. The molecule has 0 atom stereocenters. The van der Waals surface area contributed by atoms with Crippen molar-refractivity contribution in [2.24, 2.45) is 27.2 Å². The van der Waals surface area contributed by atoms with Crippen molar-refractivity contribution in [1.82, 2.24) is 4.90 Å². The smallest absolute Gasteiger partial charge is 0.366 e. The molecule has 2 aromatic rings. The Kier molecular flexibility index (Phi) is 9.08. The third-order valence-corrected chi connectivity index (χ3v) is 7.05. The zero-order valence-electron chi connectivity index (χ0n) is 22.0. The Labute approximate surface area is 224 Å². The van der Waals surface area contributed by atoms with E-state index in [0.717, 1.165) is 25.0 Å². The minimum absolute atomic E-state index is 0.0825. The molecule has 0 bridgehead atoms. The fraction of sp³-hybridized carbons (Fsp3) is 0.444. The minimum Gasteiger partial charge on any atom is -0.366 e. The number of guanidine groups is 1. The molecule has 1 aliphatic rings. The molecule has 1 fully saturated rings. The van der Waals surface area contributed by atoms with Gasteiger partial charge in [0.15, 0.2) is 5.82 Å². The maximum Gasteiger partial charge on any atom is 0.419 e. The lowest BCUT2D eigenvalue weighted by molar-refractivity contribution is -0.139. The highest BCUT2D eigenvalue weighted by molar-refractivity contribution is 6.02. The molecule has 3 amide bonds. The topological polar surface area (TPSA) is 124 Å². The number of nitrogens with zero attached hydrogens (tertiary/aromatic N) is 3. The van der Waals surface area contributed by atoms with Crippen LogP contribution in [0.1, 0.15) is 67.9 Å². The molecular formula is C27H32F4N6O2. The van der Waals surface area contributed by atoms with E-state index in [1.165, 1.54) is 17.0 Å². The van der Waals surface area contributed by atoms with Crippen LogP contribution < -0.4 is 11.1 Å². The molecule has 0 radical (unpaired) electrons. The van der Waals surface area contributed by atoms with Gasteiger partial charge in [-0.05, 0) is 66.8 Å². The van der Waals surface area contributed by atoms with Crippen molar-refractivity contribution in [1.29, 1.82) is 5.53 Å². The Morgan fingerprint density at radius 3 is 2.21 bits per heavy atom. The summed E-state index contributed by atoms with van der Waals surface area (Å²) >= 11 is 0. The molecule has 39 heavy (non-hydrogen) atoms. The van der Waals surface area contributed by atoms with Crippen LogP contribution in [-0.4, -0.2) is 28.8 Å². The van der Waals surface area contributed by atoms with Crippen LogP contribution >= 0.6 is 0 Å². The van der Waals surface area contributed by atoms with Crippen LogP contribution in [0.2, 0.25) is 0 Å². The molecule has 8 nitrogen and oxygen atoms in total. The highest BCUT2D eigenvalue weighted by Gasteiger charge is 2.36. The molecule has 0 heterocycles. The van der Waals surface area contributed by atoms with E-state index in [1.54, 1.807) is 12.1 Å². The van der Waals surface area contributed by atoms with E-state index in [0.29, 0.717) is 30.4 Å². The van der Waals surface area contributed by atoms with Crippen molar-refractivity contribution >= 4 is 23.6 Å². The average molecular weight is 549 g/mol. The van der Waals surface area contributed by atoms with Gasteiger partial charge in [0, 0.05) is 18.2 Å². The van der Waals surface area contributed by atoms with Crippen LogP contribution in [0, 0.1) is 22.7 Å². The van der Waals surface area contributed by atoms with Gasteiger partial charge in [0.2, 0.25) is 5.96 Å². The molecule has 3 rings (SSSR count). The lowest BCUT2D eigenvalue weighted by atomic mass is 9.71. The van der Waals surface area contributed by atoms with E-state index < -0.39 is 41.1 Å². The number of rotatable bonds is 5. The Hall–Kier alpha value is -3.83. The van der Waals surface area contributed by atoms with Gasteiger partial charge in [-0.1, -0.05) is 39.0 Å². The van der Waals surface area contributed by atoms with Gasteiger partial charge in [-0.25, -0.2) is 14.7 Å². The second kappa shape index (κ2) is 11.9. The summed E-state index contributed by atoms with van der Waals surface area (Å²) in [6, 6.07) is 8.01. The zero-order valence-corrected chi connectivity index (χ0v) is 22.0. The number of alkyl halides is 3. The number of anilines is 1. The Bertz CT molecular complexity index is 1230. The summed E-state index contributed by atoms with van der Waals surface area (Å²) in [6.07, 6.45) is -1.81. The molecule has 0 aromatic heterocycles. The van der Waals surface area contributed by atoms with Crippen molar-refractivity contribution in [3.63, 3.8) is 0 Å². The van der Waals surface area contributed by atoms with Crippen molar-refractivity contribution in [3.8, 4) is 0 Å². The molecule has 12 heteroatoms. The van der Waals surface area contributed by atoms with Crippen LogP contribution in [0.4, 0.5) is 28.0 Å². The normalized spacial score (nSPS) is 18.4. The van der Waals surface area contributed by atoms with Crippen LogP contribution in [0.5, 0.6) is 0 Å². The first-order valence-corrected chi connectivity index (χ1v) is 12.5. The number of hydrogen-bond donors (Lipinski definition) is 3. The van der Waals surface area contributed by atoms with Gasteiger partial charge >= 0.3 is 12.2 Å². The SMILES string of the molecule is CC(C)(C)C1CCC(N(Cc2ccc(C(=O)N=C(N)N=N)cc2)C(=O)Nc2cccc(C(F)(F)F)c2F)CC1. The van der Waals surface area contributed by atoms with Crippen LogP contribution in [0.25, 0.3) is 0 Å². The quantitative estimate of drug-likeness (QED) is 0.162. The number of nitrogens with one attached hydrogen (secondary N) is 2. The van der Waals surface area contributed by atoms with Gasteiger partial charge in [-0.2, -0.15) is 18.2 Å². The third-order valence-electron chi connectivity index (χ3n) is 7.05.